The van der Waals surface area contributed by atoms with Crippen LogP contribution in [0.1, 0.15) is 25.3 Å². The number of nitrogens with one attached hydrogen (secondary N) is 1. The van der Waals surface area contributed by atoms with E-state index in [-0.39, 0.29) is 12.0 Å². The fourth-order valence-electron chi connectivity index (χ4n) is 1.97. The van der Waals surface area contributed by atoms with Crippen LogP contribution < -0.4 is 5.32 Å². The van der Waals surface area contributed by atoms with Crippen LogP contribution in [0.4, 0.5) is 0 Å². The van der Waals surface area contributed by atoms with E-state index in [1.807, 2.05) is 30.3 Å². The summed E-state index contributed by atoms with van der Waals surface area (Å²) in [6.07, 6.45) is 2.20. The summed E-state index contributed by atoms with van der Waals surface area (Å²) in [4.78, 5) is 14.6. The van der Waals surface area contributed by atoms with Crippen LogP contribution in [0.2, 0.25) is 0 Å². The molecule has 1 rings (SSSR count). The first-order valence-electron chi connectivity index (χ1n) is 7.22. The number of carbonyl (C=O) groups excluding carboxylic acids is 1. The maximum atomic E-state index is 11.9. The third-order valence-corrected chi connectivity index (χ3v) is 3.02. The Morgan fingerprint density at radius 1 is 1.43 bits per heavy atom. The second-order valence-electron chi connectivity index (χ2n) is 4.59. The third-order valence-electron chi connectivity index (χ3n) is 3.02. The molecule has 0 aliphatic carbocycles. The zero-order valence-electron chi connectivity index (χ0n) is 12.4. The van der Waals surface area contributed by atoms with E-state index in [1.165, 1.54) is 5.56 Å². The lowest BCUT2D eigenvalue weighted by Crippen LogP contribution is -2.39. The van der Waals surface area contributed by atoms with Crippen LogP contribution in [0.3, 0.4) is 0 Å². The molecule has 1 aromatic rings. The monoisotopic (exact) mass is 290 g/mol. The van der Waals surface area contributed by atoms with Crippen molar-refractivity contribution in [2.24, 2.45) is 5.11 Å². The summed E-state index contributed by atoms with van der Waals surface area (Å²) in [6.45, 7) is 3.23. The Bertz CT molecular complexity index is 458. The molecule has 0 aliphatic rings. The van der Waals surface area contributed by atoms with Crippen molar-refractivity contribution < 1.29 is 9.53 Å². The molecule has 6 heteroatoms. The van der Waals surface area contributed by atoms with Crippen molar-refractivity contribution in [1.29, 1.82) is 0 Å². The van der Waals surface area contributed by atoms with Gasteiger partial charge in [-0.2, -0.15) is 0 Å². The predicted molar refractivity (Wildman–Crippen MR) is 81.8 cm³/mol. The first-order chi connectivity index (χ1) is 10.3. The van der Waals surface area contributed by atoms with Crippen LogP contribution in [0, 0.1) is 0 Å². The molecule has 0 spiro atoms. The molecule has 1 atom stereocenters. The lowest BCUT2D eigenvalue weighted by molar-refractivity contribution is -0.145. The molecule has 0 aliphatic heterocycles. The van der Waals surface area contributed by atoms with E-state index in [2.05, 4.69) is 15.3 Å². The zero-order chi connectivity index (χ0) is 15.3. The summed E-state index contributed by atoms with van der Waals surface area (Å²) in [6, 6.07) is 9.72. The molecule has 0 aromatic heterocycles. The summed E-state index contributed by atoms with van der Waals surface area (Å²) in [5.41, 5.74) is 9.40. The first kappa shape index (κ1) is 17.0. The van der Waals surface area contributed by atoms with Crippen molar-refractivity contribution in [3.8, 4) is 0 Å². The molecule has 0 bridgehead atoms. The quantitative estimate of drug-likeness (QED) is 0.236. The van der Waals surface area contributed by atoms with Gasteiger partial charge in [0.05, 0.1) is 6.61 Å². The Kier molecular flexibility index (Phi) is 8.68. The highest BCUT2D eigenvalue weighted by Crippen LogP contribution is 2.06. The van der Waals surface area contributed by atoms with Crippen molar-refractivity contribution in [3.63, 3.8) is 0 Å². The summed E-state index contributed by atoms with van der Waals surface area (Å²) >= 11 is 0. The van der Waals surface area contributed by atoms with Gasteiger partial charge in [0.2, 0.25) is 0 Å². The lowest BCUT2D eigenvalue weighted by atomic mass is 10.1. The van der Waals surface area contributed by atoms with Gasteiger partial charge in [-0.1, -0.05) is 35.4 Å². The normalized spacial score (nSPS) is 11.5. The second kappa shape index (κ2) is 10.7. The lowest BCUT2D eigenvalue weighted by Gasteiger charge is -2.17. The molecule has 0 saturated heterocycles. The average molecular weight is 290 g/mol. The third kappa shape index (κ3) is 7.34. The summed E-state index contributed by atoms with van der Waals surface area (Å²) in [7, 11) is 0. The van der Waals surface area contributed by atoms with E-state index in [0.717, 1.165) is 6.42 Å². The molecule has 114 valence electrons. The van der Waals surface area contributed by atoms with E-state index < -0.39 is 0 Å². The topological polar surface area (TPSA) is 87.1 Å². The number of azide groups is 1. The molecule has 1 N–H and O–H groups in total. The van der Waals surface area contributed by atoms with Gasteiger partial charge < -0.3 is 10.1 Å². The van der Waals surface area contributed by atoms with Crippen LogP contribution in [0.5, 0.6) is 0 Å². The van der Waals surface area contributed by atoms with Crippen LogP contribution in [0.15, 0.2) is 35.4 Å². The highest BCUT2D eigenvalue weighted by molar-refractivity contribution is 5.75. The molecule has 0 amide bonds. The van der Waals surface area contributed by atoms with Gasteiger partial charge in [0.25, 0.3) is 0 Å². The number of aryl methyl sites for hydroxylation is 1. The van der Waals surface area contributed by atoms with Gasteiger partial charge in [-0.15, -0.1) is 0 Å². The number of esters is 1. The van der Waals surface area contributed by atoms with Gasteiger partial charge in [0.15, 0.2) is 0 Å². The predicted octanol–water partition coefficient (Wildman–Crippen LogP) is 2.84. The minimum absolute atomic E-state index is 0.225. The van der Waals surface area contributed by atoms with E-state index in [0.29, 0.717) is 32.5 Å². The minimum Gasteiger partial charge on any atom is -0.465 e. The largest absolute Gasteiger partial charge is 0.465 e. The van der Waals surface area contributed by atoms with Crippen molar-refractivity contribution in [3.05, 3.63) is 46.3 Å². The number of benzene rings is 1. The highest BCUT2D eigenvalue weighted by atomic mass is 16.5. The smallest absolute Gasteiger partial charge is 0.323 e. The Hall–Kier alpha value is -2.04. The van der Waals surface area contributed by atoms with Gasteiger partial charge in [-0.25, -0.2) is 0 Å². The van der Waals surface area contributed by atoms with Gasteiger partial charge in [0, 0.05) is 11.5 Å². The molecular formula is C15H22N4O2. The SMILES string of the molecule is CCOC(=O)C(CCc1ccccc1)NCCCN=[N+]=[N-]. The van der Waals surface area contributed by atoms with Gasteiger partial charge in [0.1, 0.15) is 6.04 Å². The molecular weight excluding hydrogens is 268 g/mol. The molecule has 0 saturated carbocycles. The average Bonchev–Trinajstić information content (AvgIpc) is 2.51. The summed E-state index contributed by atoms with van der Waals surface area (Å²) in [5.74, 6) is -0.225. The maximum absolute atomic E-state index is 11.9. The van der Waals surface area contributed by atoms with E-state index in [1.54, 1.807) is 6.92 Å². The van der Waals surface area contributed by atoms with Crippen LogP contribution >= 0.6 is 0 Å². The molecule has 1 aromatic carbocycles. The van der Waals surface area contributed by atoms with Crippen molar-refractivity contribution in [2.45, 2.75) is 32.2 Å². The van der Waals surface area contributed by atoms with Crippen molar-refractivity contribution in [1.82, 2.24) is 5.32 Å². The van der Waals surface area contributed by atoms with Crippen LogP contribution in [-0.2, 0) is 16.0 Å². The van der Waals surface area contributed by atoms with E-state index in [9.17, 15) is 4.79 Å². The van der Waals surface area contributed by atoms with Gasteiger partial charge in [-0.3, -0.25) is 4.79 Å². The van der Waals surface area contributed by atoms with E-state index in [4.69, 9.17) is 10.3 Å². The Morgan fingerprint density at radius 3 is 2.86 bits per heavy atom. The van der Waals surface area contributed by atoms with Crippen molar-refractivity contribution >= 4 is 5.97 Å². The number of hydrogen-bond donors (Lipinski definition) is 1. The molecule has 1 unspecified atom stereocenters. The summed E-state index contributed by atoms with van der Waals surface area (Å²) in [5, 5.41) is 6.64. The molecule has 21 heavy (non-hydrogen) atoms. The Balaban J connectivity index is 2.43. The summed E-state index contributed by atoms with van der Waals surface area (Å²) < 4.78 is 5.09. The second-order valence-corrected chi connectivity index (χ2v) is 4.59. The fourth-order valence-corrected chi connectivity index (χ4v) is 1.97. The minimum atomic E-state index is -0.323. The van der Waals surface area contributed by atoms with Crippen LogP contribution in [-0.4, -0.2) is 31.7 Å². The number of carbonyl (C=O) groups is 1. The fraction of sp³-hybridized carbons (Fsp3) is 0.533. The highest BCUT2D eigenvalue weighted by Gasteiger charge is 2.18. The Morgan fingerprint density at radius 2 is 2.19 bits per heavy atom. The van der Waals surface area contributed by atoms with E-state index >= 15 is 0 Å². The molecule has 0 fully saturated rings. The molecule has 6 nitrogen and oxygen atoms in total. The Labute approximate surface area is 125 Å². The first-order valence-corrected chi connectivity index (χ1v) is 7.22. The van der Waals surface area contributed by atoms with Crippen molar-refractivity contribution in [2.75, 3.05) is 19.7 Å². The van der Waals surface area contributed by atoms with Gasteiger partial charge in [-0.05, 0) is 43.8 Å². The zero-order valence-corrected chi connectivity index (χ0v) is 12.4. The maximum Gasteiger partial charge on any atom is 0.323 e. The van der Waals surface area contributed by atoms with Gasteiger partial charge >= 0.3 is 5.97 Å². The number of rotatable bonds is 10. The van der Waals surface area contributed by atoms with Crippen LogP contribution in [0.25, 0.3) is 10.4 Å². The molecule has 0 radical (unpaired) electrons. The number of hydrogen-bond acceptors (Lipinski definition) is 4. The standard InChI is InChI=1S/C15H22N4O2/c1-2-21-15(20)14(17-11-6-12-18-19-16)10-9-13-7-4-3-5-8-13/h3-5,7-8,14,17H,2,6,9-12H2,1H3. The molecule has 0 heterocycles. The number of ether oxygens (including phenoxy) is 1. The number of nitrogens with zero attached hydrogens (tertiary/aromatic N) is 3.